The number of pyridine rings is 1. The Hall–Kier alpha value is -1.78. The number of nitrogens with two attached hydrogens (primary N) is 1. The standard InChI is InChI=1S/C10H9ClN4/c1-2-3-6-7(4-12)9(11)15-10(14)8(6)5-13/h2-3H2,1H3,(H2,14,15). The van der Waals surface area contributed by atoms with Crippen LogP contribution in [-0.4, -0.2) is 4.98 Å². The molecule has 0 saturated heterocycles. The number of halogens is 1. The van der Waals surface area contributed by atoms with Crippen molar-refractivity contribution >= 4 is 17.4 Å². The number of rotatable bonds is 2. The van der Waals surface area contributed by atoms with Gasteiger partial charge in [0.15, 0.2) is 0 Å². The van der Waals surface area contributed by atoms with Gasteiger partial charge >= 0.3 is 0 Å². The average Bonchev–Trinajstić information content (AvgIpc) is 2.18. The SMILES string of the molecule is CCCc1c(C#N)c(N)nc(Cl)c1C#N. The van der Waals surface area contributed by atoms with Crippen molar-refractivity contribution < 1.29 is 0 Å². The predicted molar refractivity (Wildman–Crippen MR) is 57.1 cm³/mol. The van der Waals surface area contributed by atoms with E-state index in [-0.39, 0.29) is 22.1 Å². The van der Waals surface area contributed by atoms with E-state index in [0.29, 0.717) is 12.0 Å². The van der Waals surface area contributed by atoms with Crippen molar-refractivity contribution in [3.63, 3.8) is 0 Å². The largest absolute Gasteiger partial charge is 0.383 e. The molecule has 0 fully saturated rings. The van der Waals surface area contributed by atoms with E-state index >= 15 is 0 Å². The van der Waals surface area contributed by atoms with Crippen LogP contribution in [0.3, 0.4) is 0 Å². The maximum Gasteiger partial charge on any atom is 0.149 e. The summed E-state index contributed by atoms with van der Waals surface area (Å²) in [4.78, 5) is 3.76. The van der Waals surface area contributed by atoms with Crippen LogP contribution < -0.4 is 5.73 Å². The third kappa shape index (κ3) is 2.01. The van der Waals surface area contributed by atoms with E-state index in [1.54, 1.807) is 0 Å². The molecule has 4 nitrogen and oxygen atoms in total. The lowest BCUT2D eigenvalue weighted by Gasteiger charge is -2.08. The predicted octanol–water partition coefficient (Wildman–Crippen LogP) is 2.01. The van der Waals surface area contributed by atoms with Crippen LogP contribution in [0, 0.1) is 22.7 Å². The van der Waals surface area contributed by atoms with Crippen LogP contribution in [0.5, 0.6) is 0 Å². The molecule has 0 aliphatic carbocycles. The fourth-order valence-corrected chi connectivity index (χ4v) is 1.61. The Labute approximate surface area is 92.9 Å². The lowest BCUT2D eigenvalue weighted by molar-refractivity contribution is 0.911. The summed E-state index contributed by atoms with van der Waals surface area (Å²) in [6.07, 6.45) is 1.40. The first-order chi connectivity index (χ1) is 7.15. The molecule has 1 heterocycles. The maximum absolute atomic E-state index is 8.91. The molecule has 76 valence electrons. The Morgan fingerprint density at radius 3 is 2.40 bits per heavy atom. The van der Waals surface area contributed by atoms with Gasteiger partial charge in [-0.05, 0) is 12.0 Å². The van der Waals surface area contributed by atoms with Crippen molar-refractivity contribution in [1.29, 1.82) is 10.5 Å². The summed E-state index contributed by atoms with van der Waals surface area (Å²) < 4.78 is 0. The minimum atomic E-state index is 0.0671. The molecule has 0 aromatic carbocycles. The zero-order valence-corrected chi connectivity index (χ0v) is 8.97. The van der Waals surface area contributed by atoms with Crippen molar-refractivity contribution in [1.82, 2.24) is 4.98 Å². The minimum absolute atomic E-state index is 0.0671. The van der Waals surface area contributed by atoms with Gasteiger partial charge in [-0.25, -0.2) is 4.98 Å². The van der Waals surface area contributed by atoms with Crippen molar-refractivity contribution in [2.75, 3.05) is 5.73 Å². The Bertz CT molecular complexity index is 430. The van der Waals surface area contributed by atoms with E-state index in [4.69, 9.17) is 27.9 Å². The second-order valence-electron chi connectivity index (χ2n) is 2.99. The van der Waals surface area contributed by atoms with E-state index in [9.17, 15) is 0 Å². The molecule has 15 heavy (non-hydrogen) atoms. The first-order valence-corrected chi connectivity index (χ1v) is 4.81. The fourth-order valence-electron chi connectivity index (χ4n) is 1.36. The summed E-state index contributed by atoms with van der Waals surface area (Å²) in [5.41, 5.74) is 6.67. The molecule has 0 radical (unpaired) electrons. The van der Waals surface area contributed by atoms with E-state index in [0.717, 1.165) is 6.42 Å². The van der Waals surface area contributed by atoms with Crippen LogP contribution in [0.4, 0.5) is 5.82 Å². The van der Waals surface area contributed by atoms with Crippen molar-refractivity contribution in [2.45, 2.75) is 19.8 Å². The summed E-state index contributed by atoms with van der Waals surface area (Å²) in [5.74, 6) is 0.0879. The smallest absolute Gasteiger partial charge is 0.149 e. The first kappa shape index (κ1) is 11.3. The molecule has 0 saturated carbocycles. The molecule has 5 heteroatoms. The molecule has 0 aliphatic rings. The highest BCUT2D eigenvalue weighted by Crippen LogP contribution is 2.25. The Kier molecular flexibility index (Phi) is 3.49. The van der Waals surface area contributed by atoms with Crippen LogP contribution in [0.2, 0.25) is 5.15 Å². The molecule has 0 unspecified atom stereocenters. The van der Waals surface area contributed by atoms with Crippen molar-refractivity contribution in [2.24, 2.45) is 0 Å². The summed E-state index contributed by atoms with van der Waals surface area (Å²) in [6, 6.07) is 3.90. The first-order valence-electron chi connectivity index (χ1n) is 4.43. The van der Waals surface area contributed by atoms with Crippen LogP contribution in [-0.2, 0) is 6.42 Å². The number of hydrogen-bond acceptors (Lipinski definition) is 4. The number of aromatic nitrogens is 1. The molecular formula is C10H9ClN4. The number of nitrogens with zero attached hydrogens (tertiary/aromatic N) is 3. The van der Waals surface area contributed by atoms with Crippen LogP contribution in [0.25, 0.3) is 0 Å². The van der Waals surface area contributed by atoms with Crippen molar-refractivity contribution in [3.8, 4) is 12.1 Å². The number of nitrogen functional groups attached to an aromatic ring is 1. The Balaban J connectivity index is 3.54. The quantitative estimate of drug-likeness (QED) is 0.773. The van der Waals surface area contributed by atoms with Gasteiger partial charge in [0.1, 0.15) is 23.1 Å². The van der Waals surface area contributed by atoms with Gasteiger partial charge in [-0.2, -0.15) is 10.5 Å². The number of nitriles is 2. The second-order valence-corrected chi connectivity index (χ2v) is 3.35. The third-order valence-corrected chi connectivity index (χ3v) is 2.28. The molecule has 0 atom stereocenters. The molecule has 0 amide bonds. The van der Waals surface area contributed by atoms with Gasteiger partial charge in [0.25, 0.3) is 0 Å². The number of anilines is 1. The molecular weight excluding hydrogens is 212 g/mol. The maximum atomic E-state index is 8.91. The lowest BCUT2D eigenvalue weighted by Crippen LogP contribution is -2.04. The van der Waals surface area contributed by atoms with E-state index in [2.05, 4.69) is 4.98 Å². The van der Waals surface area contributed by atoms with Crippen LogP contribution in [0.15, 0.2) is 0 Å². The van der Waals surface area contributed by atoms with Gasteiger partial charge < -0.3 is 5.73 Å². The van der Waals surface area contributed by atoms with Gasteiger partial charge in [0.2, 0.25) is 0 Å². The van der Waals surface area contributed by atoms with E-state index in [1.165, 1.54) is 0 Å². The highest BCUT2D eigenvalue weighted by atomic mass is 35.5. The number of hydrogen-bond donors (Lipinski definition) is 1. The second kappa shape index (κ2) is 4.63. The van der Waals surface area contributed by atoms with Gasteiger partial charge in [0.05, 0.1) is 11.1 Å². The van der Waals surface area contributed by atoms with Gasteiger partial charge in [-0.1, -0.05) is 24.9 Å². The summed E-state index contributed by atoms with van der Waals surface area (Å²) in [5, 5.41) is 17.9. The molecule has 2 N–H and O–H groups in total. The summed E-state index contributed by atoms with van der Waals surface area (Å²) in [7, 11) is 0. The Morgan fingerprint density at radius 2 is 1.93 bits per heavy atom. The highest BCUT2D eigenvalue weighted by Gasteiger charge is 2.16. The van der Waals surface area contributed by atoms with Gasteiger partial charge in [-0.3, -0.25) is 0 Å². The van der Waals surface area contributed by atoms with Crippen LogP contribution >= 0.6 is 11.6 Å². The fraction of sp³-hybridized carbons (Fsp3) is 0.300. The molecule has 1 rings (SSSR count). The monoisotopic (exact) mass is 220 g/mol. The van der Waals surface area contributed by atoms with Crippen LogP contribution in [0.1, 0.15) is 30.0 Å². The molecule has 1 aromatic rings. The average molecular weight is 221 g/mol. The topological polar surface area (TPSA) is 86.5 Å². The van der Waals surface area contributed by atoms with Gasteiger partial charge in [0, 0.05) is 0 Å². The summed E-state index contributed by atoms with van der Waals surface area (Å²) in [6.45, 7) is 1.95. The summed E-state index contributed by atoms with van der Waals surface area (Å²) >= 11 is 5.78. The van der Waals surface area contributed by atoms with Gasteiger partial charge in [-0.15, -0.1) is 0 Å². The molecule has 0 bridgehead atoms. The zero-order chi connectivity index (χ0) is 11.4. The molecule has 0 aliphatic heterocycles. The molecule has 1 aromatic heterocycles. The highest BCUT2D eigenvalue weighted by molar-refractivity contribution is 6.30. The zero-order valence-electron chi connectivity index (χ0n) is 8.21. The van der Waals surface area contributed by atoms with Crippen molar-refractivity contribution in [3.05, 3.63) is 21.8 Å². The lowest BCUT2D eigenvalue weighted by atomic mass is 10.0. The van der Waals surface area contributed by atoms with E-state index < -0.39 is 0 Å². The Morgan fingerprint density at radius 1 is 1.33 bits per heavy atom. The van der Waals surface area contributed by atoms with E-state index in [1.807, 2.05) is 19.1 Å². The normalized spacial score (nSPS) is 9.33. The third-order valence-electron chi connectivity index (χ3n) is 2.01. The minimum Gasteiger partial charge on any atom is -0.383 e. The molecule has 0 spiro atoms.